The number of carbonyl (C=O) groups excluding carboxylic acids is 1. The number of aromatic nitrogens is 2. The first-order chi connectivity index (χ1) is 9.29. The van der Waals surface area contributed by atoms with Gasteiger partial charge in [0.2, 0.25) is 0 Å². The maximum atomic E-state index is 12.3. The Balaban J connectivity index is 1.53. The average Bonchev–Trinajstić information content (AvgIpc) is 3.13. The van der Waals surface area contributed by atoms with Crippen molar-refractivity contribution in [2.24, 2.45) is 5.92 Å². The molecular formula is C14H16N4O. The summed E-state index contributed by atoms with van der Waals surface area (Å²) in [7, 11) is 0. The van der Waals surface area contributed by atoms with Gasteiger partial charge < -0.3 is 15.0 Å². The number of hydrogen-bond acceptors (Lipinski definition) is 3. The normalized spacial score (nSPS) is 28.9. The molecule has 19 heavy (non-hydrogen) atoms. The molecule has 1 amide bonds. The van der Waals surface area contributed by atoms with Gasteiger partial charge in [0.1, 0.15) is 0 Å². The molecule has 2 N–H and O–H groups in total. The van der Waals surface area contributed by atoms with E-state index in [1.807, 2.05) is 22.7 Å². The van der Waals surface area contributed by atoms with E-state index in [0.717, 1.165) is 18.5 Å². The zero-order valence-electron chi connectivity index (χ0n) is 10.5. The van der Waals surface area contributed by atoms with E-state index in [-0.39, 0.29) is 5.91 Å². The lowest BCUT2D eigenvalue weighted by Gasteiger charge is -2.23. The Bertz CT molecular complexity index is 635. The number of piperidine rings is 1. The van der Waals surface area contributed by atoms with Crippen LogP contribution in [0.25, 0.3) is 5.52 Å². The van der Waals surface area contributed by atoms with E-state index in [4.69, 9.17) is 0 Å². The quantitative estimate of drug-likeness (QED) is 0.836. The minimum Gasteiger partial charge on any atom is -0.349 e. The standard InChI is InChI=1S/C14H16N4O/c19-14(17-13-5-11-3-10(13)6-16-11)9-1-2-18-8-15-7-12(18)4-9/h1-2,4,7-8,10-11,13,16H,3,5-6H2,(H,17,19)/t10-,11-,13-/m1/s1. The lowest BCUT2D eigenvalue weighted by atomic mass is 10.0. The summed E-state index contributed by atoms with van der Waals surface area (Å²) in [5, 5.41) is 6.63. The van der Waals surface area contributed by atoms with Gasteiger partial charge in [0.25, 0.3) is 5.91 Å². The van der Waals surface area contributed by atoms with Gasteiger partial charge in [0, 0.05) is 30.4 Å². The van der Waals surface area contributed by atoms with Crippen molar-refractivity contribution in [2.75, 3.05) is 6.54 Å². The maximum Gasteiger partial charge on any atom is 0.251 e. The van der Waals surface area contributed by atoms with E-state index in [9.17, 15) is 4.79 Å². The molecule has 2 aliphatic rings. The van der Waals surface area contributed by atoms with Gasteiger partial charge in [0.15, 0.2) is 0 Å². The topological polar surface area (TPSA) is 58.4 Å². The molecule has 1 saturated carbocycles. The highest BCUT2D eigenvalue weighted by molar-refractivity contribution is 5.95. The highest BCUT2D eigenvalue weighted by Crippen LogP contribution is 2.31. The third-order valence-corrected chi connectivity index (χ3v) is 4.36. The number of nitrogens with one attached hydrogen (secondary N) is 2. The molecule has 3 heterocycles. The maximum absolute atomic E-state index is 12.3. The zero-order valence-corrected chi connectivity index (χ0v) is 10.5. The van der Waals surface area contributed by atoms with Crippen molar-refractivity contribution in [2.45, 2.75) is 24.9 Å². The number of amides is 1. The van der Waals surface area contributed by atoms with Gasteiger partial charge >= 0.3 is 0 Å². The van der Waals surface area contributed by atoms with Crippen LogP contribution in [0.2, 0.25) is 0 Å². The number of nitrogens with zero attached hydrogens (tertiary/aromatic N) is 2. The summed E-state index contributed by atoms with van der Waals surface area (Å²) in [5.41, 5.74) is 1.66. The lowest BCUT2D eigenvalue weighted by molar-refractivity contribution is 0.0925. The molecular weight excluding hydrogens is 240 g/mol. The predicted molar refractivity (Wildman–Crippen MR) is 71.0 cm³/mol. The van der Waals surface area contributed by atoms with Crippen molar-refractivity contribution < 1.29 is 4.79 Å². The van der Waals surface area contributed by atoms with Gasteiger partial charge in [-0.2, -0.15) is 0 Å². The molecule has 4 rings (SSSR count). The molecule has 2 aromatic rings. The molecule has 98 valence electrons. The summed E-state index contributed by atoms with van der Waals surface area (Å²) in [4.78, 5) is 16.3. The van der Waals surface area contributed by atoms with Crippen molar-refractivity contribution in [1.29, 1.82) is 0 Å². The molecule has 0 unspecified atom stereocenters. The largest absolute Gasteiger partial charge is 0.349 e. The number of carbonyl (C=O) groups is 1. The highest BCUT2D eigenvalue weighted by Gasteiger charge is 2.40. The molecule has 1 aliphatic heterocycles. The first-order valence-electron chi connectivity index (χ1n) is 6.75. The molecule has 2 aromatic heterocycles. The Morgan fingerprint density at radius 3 is 3.21 bits per heavy atom. The molecule has 5 nitrogen and oxygen atoms in total. The second-order valence-corrected chi connectivity index (χ2v) is 5.56. The van der Waals surface area contributed by atoms with E-state index in [1.165, 1.54) is 6.42 Å². The van der Waals surface area contributed by atoms with E-state index in [1.54, 1.807) is 12.5 Å². The Kier molecular flexibility index (Phi) is 2.35. The summed E-state index contributed by atoms with van der Waals surface area (Å²) in [6.07, 6.45) is 7.63. The Hall–Kier alpha value is -1.88. The predicted octanol–water partition coefficient (Wildman–Crippen LogP) is 0.814. The Morgan fingerprint density at radius 2 is 2.42 bits per heavy atom. The van der Waals surface area contributed by atoms with E-state index >= 15 is 0 Å². The van der Waals surface area contributed by atoms with Crippen LogP contribution >= 0.6 is 0 Å². The van der Waals surface area contributed by atoms with Crippen molar-refractivity contribution in [3.63, 3.8) is 0 Å². The van der Waals surface area contributed by atoms with Crippen molar-refractivity contribution in [3.05, 3.63) is 36.4 Å². The molecule has 2 fully saturated rings. The fourth-order valence-corrected chi connectivity index (χ4v) is 3.32. The lowest BCUT2D eigenvalue weighted by Crippen LogP contribution is -2.44. The van der Waals surface area contributed by atoms with Crippen LogP contribution in [0.4, 0.5) is 0 Å². The van der Waals surface area contributed by atoms with Crippen LogP contribution in [0.1, 0.15) is 23.2 Å². The number of fused-ring (bicyclic) bond motifs is 3. The van der Waals surface area contributed by atoms with E-state index in [0.29, 0.717) is 23.6 Å². The Morgan fingerprint density at radius 1 is 1.47 bits per heavy atom. The van der Waals surface area contributed by atoms with Gasteiger partial charge in [-0.1, -0.05) is 0 Å². The minimum atomic E-state index is 0.0289. The molecule has 2 bridgehead atoms. The third kappa shape index (κ3) is 1.81. The van der Waals surface area contributed by atoms with Crippen LogP contribution in [0.3, 0.4) is 0 Å². The SMILES string of the molecule is O=C(N[C@@H]1C[C@H]2C[C@@H]1CN2)c1ccn2cncc2c1. The molecule has 1 saturated heterocycles. The first kappa shape index (κ1) is 11.0. The molecule has 1 aliphatic carbocycles. The average molecular weight is 256 g/mol. The molecule has 5 heteroatoms. The van der Waals surface area contributed by atoms with Crippen LogP contribution in [0.5, 0.6) is 0 Å². The van der Waals surface area contributed by atoms with Crippen LogP contribution in [-0.4, -0.2) is 33.9 Å². The number of rotatable bonds is 2. The highest BCUT2D eigenvalue weighted by atomic mass is 16.1. The number of pyridine rings is 1. The van der Waals surface area contributed by atoms with Gasteiger partial charge in [-0.05, 0) is 30.9 Å². The Labute approximate surface area is 111 Å². The van der Waals surface area contributed by atoms with Crippen molar-refractivity contribution in [3.8, 4) is 0 Å². The third-order valence-electron chi connectivity index (χ3n) is 4.36. The van der Waals surface area contributed by atoms with Gasteiger partial charge in [0.05, 0.1) is 18.0 Å². The molecule has 0 aromatic carbocycles. The van der Waals surface area contributed by atoms with Crippen LogP contribution < -0.4 is 10.6 Å². The summed E-state index contributed by atoms with van der Waals surface area (Å²) < 4.78 is 1.90. The van der Waals surface area contributed by atoms with Gasteiger partial charge in [-0.3, -0.25) is 4.79 Å². The number of imidazole rings is 1. The summed E-state index contributed by atoms with van der Waals surface area (Å²) >= 11 is 0. The van der Waals surface area contributed by atoms with Gasteiger partial charge in [-0.15, -0.1) is 0 Å². The second kappa shape index (κ2) is 4.06. The smallest absolute Gasteiger partial charge is 0.251 e. The summed E-state index contributed by atoms with van der Waals surface area (Å²) in [6, 6.07) is 4.66. The monoisotopic (exact) mass is 256 g/mol. The fourth-order valence-electron chi connectivity index (χ4n) is 3.32. The molecule has 0 spiro atoms. The van der Waals surface area contributed by atoms with Crippen LogP contribution in [0.15, 0.2) is 30.9 Å². The zero-order chi connectivity index (χ0) is 12.8. The fraction of sp³-hybridized carbons (Fsp3) is 0.429. The van der Waals surface area contributed by atoms with Crippen molar-refractivity contribution in [1.82, 2.24) is 20.0 Å². The van der Waals surface area contributed by atoms with E-state index in [2.05, 4.69) is 15.6 Å². The number of hydrogen-bond donors (Lipinski definition) is 2. The molecule has 3 atom stereocenters. The van der Waals surface area contributed by atoms with E-state index < -0.39 is 0 Å². The molecule has 0 radical (unpaired) electrons. The van der Waals surface area contributed by atoms with Crippen molar-refractivity contribution >= 4 is 11.4 Å². The second-order valence-electron chi connectivity index (χ2n) is 5.56. The minimum absolute atomic E-state index is 0.0289. The first-order valence-corrected chi connectivity index (χ1v) is 6.75. The summed E-state index contributed by atoms with van der Waals surface area (Å²) in [5.74, 6) is 0.633. The van der Waals surface area contributed by atoms with Crippen LogP contribution in [-0.2, 0) is 0 Å². The van der Waals surface area contributed by atoms with Gasteiger partial charge in [-0.25, -0.2) is 4.98 Å². The van der Waals surface area contributed by atoms with Crippen LogP contribution in [0, 0.1) is 5.92 Å². The summed E-state index contributed by atoms with van der Waals surface area (Å²) in [6.45, 7) is 1.04.